The van der Waals surface area contributed by atoms with Crippen LogP contribution in [0.15, 0.2) is 47.5 Å². The van der Waals surface area contributed by atoms with Gasteiger partial charge in [-0.05, 0) is 13.0 Å². The van der Waals surface area contributed by atoms with Crippen LogP contribution < -0.4 is 5.56 Å². The topological polar surface area (TPSA) is 44.1 Å². The van der Waals surface area contributed by atoms with Crippen molar-refractivity contribution in [3.63, 3.8) is 0 Å². The molecule has 0 spiro atoms. The van der Waals surface area contributed by atoms with Gasteiger partial charge in [0.05, 0.1) is 18.6 Å². The average molecular weight is 256 g/mol. The van der Waals surface area contributed by atoms with Crippen molar-refractivity contribution in [1.29, 1.82) is 0 Å². The van der Waals surface area contributed by atoms with Gasteiger partial charge in [0.25, 0.3) is 5.56 Å². The van der Waals surface area contributed by atoms with E-state index in [4.69, 9.17) is 4.74 Å². The largest absolute Gasteiger partial charge is 0.501 e. The second-order valence-electron chi connectivity index (χ2n) is 4.03. The summed E-state index contributed by atoms with van der Waals surface area (Å²) < 4.78 is 6.51. The lowest BCUT2D eigenvalue weighted by atomic mass is 10.1. The molecule has 2 aromatic rings. The van der Waals surface area contributed by atoms with Crippen molar-refractivity contribution in [2.24, 2.45) is 7.05 Å². The van der Waals surface area contributed by atoms with Crippen LogP contribution in [0.25, 0.3) is 17.3 Å². The third-order valence-electron chi connectivity index (χ3n) is 2.68. The Morgan fingerprint density at radius 3 is 2.74 bits per heavy atom. The van der Waals surface area contributed by atoms with E-state index in [9.17, 15) is 4.79 Å². The smallest absolute Gasteiger partial charge is 0.267 e. The zero-order chi connectivity index (χ0) is 13.7. The molecule has 0 unspecified atom stereocenters. The lowest BCUT2D eigenvalue weighted by Gasteiger charge is -2.07. The van der Waals surface area contributed by atoms with E-state index in [1.165, 1.54) is 4.68 Å². The van der Waals surface area contributed by atoms with Crippen molar-refractivity contribution >= 4 is 6.08 Å². The molecule has 2 rings (SSSR count). The Kier molecular flexibility index (Phi) is 4.13. The third-order valence-corrected chi connectivity index (χ3v) is 2.68. The van der Waals surface area contributed by atoms with Crippen molar-refractivity contribution in [2.75, 3.05) is 6.61 Å². The minimum Gasteiger partial charge on any atom is -0.501 e. The van der Waals surface area contributed by atoms with Gasteiger partial charge < -0.3 is 4.74 Å². The summed E-state index contributed by atoms with van der Waals surface area (Å²) in [5.41, 5.74) is 2.34. The summed E-state index contributed by atoms with van der Waals surface area (Å²) in [5, 5.41) is 4.32. The fraction of sp³-hybridized carbons (Fsp3) is 0.200. The first-order valence-corrected chi connectivity index (χ1v) is 6.14. The molecule has 0 N–H and O–H groups in total. The number of aryl methyl sites for hydroxylation is 1. The molecular weight excluding hydrogens is 240 g/mol. The molecule has 0 aliphatic carbocycles. The molecule has 4 nitrogen and oxygen atoms in total. The van der Waals surface area contributed by atoms with Crippen molar-refractivity contribution in [3.05, 3.63) is 58.6 Å². The molecule has 1 aromatic heterocycles. The van der Waals surface area contributed by atoms with Crippen molar-refractivity contribution in [3.8, 4) is 11.3 Å². The molecule has 0 amide bonds. The van der Waals surface area contributed by atoms with Gasteiger partial charge in [-0.2, -0.15) is 5.10 Å². The maximum atomic E-state index is 11.7. The average Bonchev–Trinajstić information content (AvgIpc) is 2.43. The van der Waals surface area contributed by atoms with E-state index in [-0.39, 0.29) is 5.56 Å². The lowest BCUT2D eigenvalue weighted by molar-refractivity contribution is 0.272. The van der Waals surface area contributed by atoms with Gasteiger partial charge in [-0.15, -0.1) is 0 Å². The number of aromatic nitrogens is 2. The Labute approximate surface area is 112 Å². The predicted molar refractivity (Wildman–Crippen MR) is 75.6 cm³/mol. The molecule has 0 aliphatic heterocycles. The molecule has 1 heterocycles. The van der Waals surface area contributed by atoms with Crippen LogP contribution in [0.2, 0.25) is 0 Å². The number of rotatable bonds is 4. The first-order chi connectivity index (χ1) is 9.22. The Morgan fingerprint density at radius 2 is 2.05 bits per heavy atom. The van der Waals surface area contributed by atoms with Gasteiger partial charge >= 0.3 is 0 Å². The Balaban J connectivity index is 2.52. The SMILES string of the molecule is CCOC=Cc1cc(=O)n(C)nc1-c1ccccc1. The third kappa shape index (κ3) is 3.10. The number of nitrogens with zero attached hydrogens (tertiary/aromatic N) is 2. The van der Waals surface area contributed by atoms with E-state index in [0.29, 0.717) is 6.61 Å². The summed E-state index contributed by atoms with van der Waals surface area (Å²) in [6.07, 6.45) is 3.35. The normalized spacial score (nSPS) is 10.8. The van der Waals surface area contributed by atoms with Gasteiger partial charge in [0.1, 0.15) is 0 Å². The zero-order valence-electron chi connectivity index (χ0n) is 11.0. The summed E-state index contributed by atoms with van der Waals surface area (Å²) in [7, 11) is 1.64. The minimum atomic E-state index is -0.143. The quantitative estimate of drug-likeness (QED) is 0.789. The molecule has 0 saturated heterocycles. The summed E-state index contributed by atoms with van der Waals surface area (Å²) in [6.45, 7) is 2.50. The van der Waals surface area contributed by atoms with E-state index in [1.54, 1.807) is 25.5 Å². The number of benzene rings is 1. The van der Waals surface area contributed by atoms with Crippen molar-refractivity contribution < 1.29 is 4.74 Å². The maximum absolute atomic E-state index is 11.7. The van der Waals surface area contributed by atoms with Gasteiger partial charge in [0.15, 0.2) is 0 Å². The maximum Gasteiger partial charge on any atom is 0.267 e. The van der Waals surface area contributed by atoms with Crippen LogP contribution >= 0.6 is 0 Å². The highest BCUT2D eigenvalue weighted by atomic mass is 16.5. The summed E-state index contributed by atoms with van der Waals surface area (Å²) >= 11 is 0. The van der Waals surface area contributed by atoms with Gasteiger partial charge in [0.2, 0.25) is 0 Å². The number of hydrogen-bond donors (Lipinski definition) is 0. The van der Waals surface area contributed by atoms with Gasteiger partial charge in [-0.3, -0.25) is 4.79 Å². The van der Waals surface area contributed by atoms with Crippen LogP contribution in [0, 0.1) is 0 Å². The fourth-order valence-corrected chi connectivity index (χ4v) is 1.72. The molecule has 4 heteroatoms. The highest BCUT2D eigenvalue weighted by molar-refractivity contribution is 5.70. The molecule has 0 atom stereocenters. The molecule has 98 valence electrons. The number of ether oxygens (including phenoxy) is 1. The Bertz CT molecular complexity index is 630. The van der Waals surface area contributed by atoms with E-state index in [1.807, 2.05) is 37.3 Å². The van der Waals surface area contributed by atoms with Crippen molar-refractivity contribution in [1.82, 2.24) is 9.78 Å². The van der Waals surface area contributed by atoms with E-state index < -0.39 is 0 Å². The second kappa shape index (κ2) is 6.00. The molecule has 0 bridgehead atoms. The van der Waals surface area contributed by atoms with Gasteiger partial charge in [-0.25, -0.2) is 4.68 Å². The van der Waals surface area contributed by atoms with Crippen LogP contribution in [0.1, 0.15) is 12.5 Å². The second-order valence-corrected chi connectivity index (χ2v) is 4.03. The molecule has 1 aromatic carbocycles. The summed E-state index contributed by atoms with van der Waals surface area (Å²) in [4.78, 5) is 11.7. The molecule has 19 heavy (non-hydrogen) atoms. The summed E-state index contributed by atoms with van der Waals surface area (Å²) in [6, 6.07) is 11.3. The fourth-order valence-electron chi connectivity index (χ4n) is 1.72. The summed E-state index contributed by atoms with van der Waals surface area (Å²) in [5.74, 6) is 0. The number of hydrogen-bond acceptors (Lipinski definition) is 3. The van der Waals surface area contributed by atoms with Crippen LogP contribution in [0.4, 0.5) is 0 Å². The monoisotopic (exact) mass is 256 g/mol. The lowest BCUT2D eigenvalue weighted by Crippen LogP contribution is -2.19. The van der Waals surface area contributed by atoms with Gasteiger partial charge in [0, 0.05) is 24.2 Å². The first kappa shape index (κ1) is 13.1. The standard InChI is InChI=1S/C15H16N2O2/c1-3-19-10-9-13-11-14(18)17(2)16-15(13)12-7-5-4-6-8-12/h4-11H,3H2,1-2H3. The zero-order valence-corrected chi connectivity index (χ0v) is 11.0. The Hall–Kier alpha value is -2.36. The van der Waals surface area contributed by atoms with Crippen molar-refractivity contribution in [2.45, 2.75) is 6.92 Å². The molecule has 0 saturated carbocycles. The highest BCUT2D eigenvalue weighted by Gasteiger charge is 2.07. The van der Waals surface area contributed by atoms with Crippen LogP contribution in [-0.4, -0.2) is 16.4 Å². The van der Waals surface area contributed by atoms with Crippen LogP contribution in [0.5, 0.6) is 0 Å². The van der Waals surface area contributed by atoms with Gasteiger partial charge in [-0.1, -0.05) is 30.3 Å². The van der Waals surface area contributed by atoms with Crippen LogP contribution in [0.3, 0.4) is 0 Å². The minimum absolute atomic E-state index is 0.143. The highest BCUT2D eigenvalue weighted by Crippen LogP contribution is 2.20. The molecule has 0 radical (unpaired) electrons. The van der Waals surface area contributed by atoms with Crippen LogP contribution in [-0.2, 0) is 11.8 Å². The molecule has 0 fully saturated rings. The molecular formula is C15H16N2O2. The Morgan fingerprint density at radius 1 is 1.32 bits per heavy atom. The van der Waals surface area contributed by atoms with E-state index in [2.05, 4.69) is 5.10 Å². The van der Waals surface area contributed by atoms with E-state index in [0.717, 1.165) is 16.8 Å². The first-order valence-electron chi connectivity index (χ1n) is 6.14. The molecule has 0 aliphatic rings. The predicted octanol–water partition coefficient (Wildman–Crippen LogP) is 2.45. The van der Waals surface area contributed by atoms with E-state index >= 15 is 0 Å².